The number of hydrogen-bond donors (Lipinski definition) is 3. The first-order valence-electron chi connectivity index (χ1n) is 10.0. The summed E-state index contributed by atoms with van der Waals surface area (Å²) >= 11 is 0. The van der Waals surface area contributed by atoms with E-state index in [1.165, 1.54) is 11.1 Å². The van der Waals surface area contributed by atoms with Gasteiger partial charge in [-0.1, -0.05) is 17.9 Å². The zero-order chi connectivity index (χ0) is 22.3. The number of pyridine rings is 2. The predicted molar refractivity (Wildman–Crippen MR) is 121 cm³/mol. The molecule has 0 unspecified atom stereocenters. The molecule has 1 aliphatic heterocycles. The number of nitrogen functional groups attached to an aromatic ring is 1. The van der Waals surface area contributed by atoms with Gasteiger partial charge in [-0.15, -0.1) is 0 Å². The van der Waals surface area contributed by atoms with Crippen LogP contribution in [0.15, 0.2) is 30.5 Å². The van der Waals surface area contributed by atoms with Gasteiger partial charge in [-0.2, -0.15) is 0 Å². The second-order valence-electron chi connectivity index (χ2n) is 8.20. The third kappa shape index (κ3) is 3.98. The van der Waals surface area contributed by atoms with E-state index in [1.54, 1.807) is 20.9 Å². The van der Waals surface area contributed by atoms with Gasteiger partial charge < -0.3 is 20.7 Å². The Hall–Kier alpha value is -3.41. The van der Waals surface area contributed by atoms with Crippen molar-refractivity contribution < 1.29 is 9.50 Å². The average molecular weight is 420 g/mol. The zero-order valence-electron chi connectivity index (χ0n) is 17.8. The number of hydrazine groups is 1. The molecule has 8 heteroatoms. The second-order valence-corrected chi connectivity index (χ2v) is 8.20. The molecule has 3 heterocycles. The SMILES string of the molecule is CN(N)c1c(N)nc(N2CCCc3c(C#CC(C)(C)O)cccc32)c2cc(F)cnc12. The maximum atomic E-state index is 14.2. The van der Waals surface area contributed by atoms with E-state index in [1.807, 2.05) is 23.1 Å². The summed E-state index contributed by atoms with van der Waals surface area (Å²) in [7, 11) is 1.64. The van der Waals surface area contributed by atoms with Crippen molar-refractivity contribution in [3.63, 3.8) is 0 Å². The van der Waals surface area contributed by atoms with Crippen LogP contribution in [0.1, 0.15) is 31.4 Å². The number of halogens is 1. The van der Waals surface area contributed by atoms with E-state index in [4.69, 9.17) is 11.6 Å². The van der Waals surface area contributed by atoms with E-state index in [0.29, 0.717) is 29.0 Å². The molecule has 4 rings (SSSR count). The monoisotopic (exact) mass is 420 g/mol. The quantitative estimate of drug-likeness (QED) is 0.333. The molecule has 0 saturated heterocycles. The average Bonchev–Trinajstić information content (AvgIpc) is 2.70. The van der Waals surface area contributed by atoms with Crippen molar-refractivity contribution in [1.29, 1.82) is 0 Å². The molecule has 0 radical (unpaired) electrons. The van der Waals surface area contributed by atoms with Gasteiger partial charge in [0.1, 0.15) is 28.4 Å². The number of rotatable bonds is 2. The van der Waals surface area contributed by atoms with Crippen LogP contribution in [0.5, 0.6) is 0 Å². The first kappa shape index (κ1) is 20.8. The molecule has 1 aromatic carbocycles. The summed E-state index contributed by atoms with van der Waals surface area (Å²) in [6.45, 7) is 3.99. The van der Waals surface area contributed by atoms with Crippen LogP contribution in [-0.4, -0.2) is 34.3 Å². The van der Waals surface area contributed by atoms with Crippen molar-refractivity contribution in [3.05, 3.63) is 47.4 Å². The Morgan fingerprint density at radius 2 is 2.10 bits per heavy atom. The van der Waals surface area contributed by atoms with Gasteiger partial charge in [0.15, 0.2) is 5.82 Å². The zero-order valence-corrected chi connectivity index (χ0v) is 17.8. The molecule has 0 aliphatic carbocycles. The van der Waals surface area contributed by atoms with E-state index in [0.717, 1.165) is 35.9 Å². The lowest BCUT2D eigenvalue weighted by atomic mass is 9.95. The van der Waals surface area contributed by atoms with Gasteiger partial charge >= 0.3 is 0 Å². The molecule has 0 saturated carbocycles. The fourth-order valence-electron chi connectivity index (χ4n) is 3.88. The Morgan fingerprint density at radius 3 is 2.81 bits per heavy atom. The number of anilines is 4. The minimum Gasteiger partial charge on any atom is -0.382 e. The Kier molecular flexibility index (Phi) is 5.17. The highest BCUT2D eigenvalue weighted by Gasteiger charge is 2.25. The number of aliphatic hydroxyl groups is 1. The third-order valence-corrected chi connectivity index (χ3v) is 5.15. The summed E-state index contributed by atoms with van der Waals surface area (Å²) in [6.07, 6.45) is 2.85. The molecule has 3 aromatic rings. The lowest BCUT2D eigenvalue weighted by molar-refractivity contribution is 0.143. The second kappa shape index (κ2) is 7.69. The highest BCUT2D eigenvalue weighted by Crippen LogP contribution is 2.40. The molecular weight excluding hydrogens is 395 g/mol. The van der Waals surface area contributed by atoms with Gasteiger partial charge in [0.25, 0.3) is 0 Å². The molecule has 5 N–H and O–H groups in total. The minimum absolute atomic E-state index is 0.219. The number of nitrogens with zero attached hydrogens (tertiary/aromatic N) is 4. The largest absolute Gasteiger partial charge is 0.382 e. The summed E-state index contributed by atoms with van der Waals surface area (Å²) in [5.74, 6) is 12.2. The van der Waals surface area contributed by atoms with Gasteiger partial charge in [0.05, 0.1) is 6.20 Å². The molecule has 160 valence electrons. The Morgan fingerprint density at radius 1 is 1.32 bits per heavy atom. The predicted octanol–water partition coefficient (Wildman–Crippen LogP) is 2.87. The first-order valence-corrected chi connectivity index (χ1v) is 10.0. The lowest BCUT2D eigenvalue weighted by Crippen LogP contribution is -2.29. The Bertz CT molecular complexity index is 1220. The summed E-state index contributed by atoms with van der Waals surface area (Å²) in [4.78, 5) is 10.9. The molecule has 0 amide bonds. The number of benzene rings is 1. The van der Waals surface area contributed by atoms with Crippen LogP contribution in [-0.2, 0) is 6.42 Å². The fourth-order valence-corrected chi connectivity index (χ4v) is 3.88. The highest BCUT2D eigenvalue weighted by molar-refractivity contribution is 6.03. The van der Waals surface area contributed by atoms with E-state index >= 15 is 0 Å². The van der Waals surface area contributed by atoms with E-state index in [2.05, 4.69) is 21.8 Å². The van der Waals surface area contributed by atoms with Crippen LogP contribution in [0.3, 0.4) is 0 Å². The molecule has 0 atom stereocenters. The van der Waals surface area contributed by atoms with Crippen molar-refractivity contribution >= 4 is 33.9 Å². The van der Waals surface area contributed by atoms with Gasteiger partial charge in [-0.3, -0.25) is 4.98 Å². The molecular formula is C23H25FN6O. The normalized spacial score (nSPS) is 13.5. The smallest absolute Gasteiger partial charge is 0.153 e. The third-order valence-electron chi connectivity index (χ3n) is 5.15. The number of aromatic nitrogens is 2. The van der Waals surface area contributed by atoms with Crippen LogP contribution in [0.2, 0.25) is 0 Å². The summed E-state index contributed by atoms with van der Waals surface area (Å²) in [6, 6.07) is 7.25. The van der Waals surface area contributed by atoms with Crippen molar-refractivity contribution in [2.45, 2.75) is 32.3 Å². The van der Waals surface area contributed by atoms with Crippen molar-refractivity contribution in [3.8, 4) is 11.8 Å². The molecule has 0 spiro atoms. The van der Waals surface area contributed by atoms with Crippen molar-refractivity contribution in [2.75, 3.05) is 29.2 Å². The van der Waals surface area contributed by atoms with E-state index in [9.17, 15) is 9.50 Å². The fraction of sp³-hybridized carbons (Fsp3) is 0.304. The molecule has 7 nitrogen and oxygen atoms in total. The maximum absolute atomic E-state index is 14.2. The van der Waals surface area contributed by atoms with Gasteiger partial charge in [0, 0.05) is 30.2 Å². The van der Waals surface area contributed by atoms with E-state index in [-0.39, 0.29) is 5.82 Å². The van der Waals surface area contributed by atoms with Crippen LogP contribution in [0.25, 0.3) is 10.9 Å². The highest BCUT2D eigenvalue weighted by atomic mass is 19.1. The van der Waals surface area contributed by atoms with Gasteiger partial charge in [0.2, 0.25) is 0 Å². The van der Waals surface area contributed by atoms with E-state index < -0.39 is 11.4 Å². The van der Waals surface area contributed by atoms with Crippen LogP contribution >= 0.6 is 0 Å². The minimum atomic E-state index is -1.09. The molecule has 0 fully saturated rings. The summed E-state index contributed by atoms with van der Waals surface area (Å²) in [5.41, 5.74) is 8.92. The molecule has 31 heavy (non-hydrogen) atoms. The topological polar surface area (TPSA) is 105 Å². The number of fused-ring (bicyclic) bond motifs is 2. The van der Waals surface area contributed by atoms with Crippen molar-refractivity contribution in [1.82, 2.24) is 9.97 Å². The van der Waals surface area contributed by atoms with Crippen LogP contribution in [0, 0.1) is 17.7 Å². The summed E-state index contributed by atoms with van der Waals surface area (Å²) in [5, 5.41) is 11.9. The lowest BCUT2D eigenvalue weighted by Gasteiger charge is -2.32. The number of hydrogen-bond acceptors (Lipinski definition) is 7. The van der Waals surface area contributed by atoms with Gasteiger partial charge in [-0.25, -0.2) is 15.2 Å². The maximum Gasteiger partial charge on any atom is 0.153 e. The number of nitrogens with two attached hydrogens (primary N) is 2. The molecule has 2 aromatic heterocycles. The Labute approximate surface area is 180 Å². The first-order chi connectivity index (χ1) is 14.7. The standard InChI is InChI=1S/C23H25FN6O/c1-23(2,31)10-9-14-6-4-8-18-16(14)7-5-11-30(18)22-17-12-15(24)13-27-19(17)20(29(3)26)21(25)28-22/h4,6,8,12-13,31H,5,7,11,26H2,1-3H3,(H2,25,28). The van der Waals surface area contributed by atoms with Gasteiger partial charge in [-0.05, 0) is 50.5 Å². The summed E-state index contributed by atoms with van der Waals surface area (Å²) < 4.78 is 14.2. The van der Waals surface area contributed by atoms with Crippen LogP contribution in [0.4, 0.5) is 27.4 Å². The van der Waals surface area contributed by atoms with Crippen LogP contribution < -0.4 is 21.5 Å². The van der Waals surface area contributed by atoms with Crippen molar-refractivity contribution in [2.24, 2.45) is 5.84 Å². The molecule has 1 aliphatic rings. The molecule has 0 bridgehead atoms. The Balaban J connectivity index is 1.93.